The highest BCUT2D eigenvalue weighted by Gasteiger charge is 2.31. The van der Waals surface area contributed by atoms with Gasteiger partial charge in [0.15, 0.2) is 0 Å². The van der Waals surface area contributed by atoms with Crippen LogP contribution >= 0.6 is 0 Å². The predicted molar refractivity (Wildman–Crippen MR) is 73.3 cm³/mol. The highest BCUT2D eigenvalue weighted by atomic mass is 19.3. The van der Waals surface area contributed by atoms with Gasteiger partial charge in [-0.3, -0.25) is 0 Å². The summed E-state index contributed by atoms with van der Waals surface area (Å²) in [6.07, 6.45) is 0.0811. The van der Waals surface area contributed by atoms with Crippen LogP contribution in [0.1, 0.15) is 32.1 Å². The topological polar surface area (TPSA) is 61.8 Å². The number of nitrogens with one attached hydrogen (secondary N) is 1. The number of carbonyl (C=O) groups is 1. The minimum Gasteiger partial charge on any atom is -0.390 e. The molecule has 122 valence electrons. The van der Waals surface area contributed by atoms with Gasteiger partial charge in [-0.05, 0) is 32.1 Å². The average molecular weight is 306 g/mol. The molecule has 0 atom stereocenters. The van der Waals surface area contributed by atoms with E-state index in [1.54, 1.807) is 4.90 Å². The lowest BCUT2D eigenvalue weighted by Gasteiger charge is -2.33. The van der Waals surface area contributed by atoms with Gasteiger partial charge in [0.1, 0.15) is 0 Å². The fourth-order valence-corrected chi connectivity index (χ4v) is 2.87. The molecule has 0 aromatic rings. The number of amides is 2. The molecule has 2 N–H and O–H groups in total. The number of hydrogen-bond acceptors (Lipinski definition) is 3. The molecular formula is C14H24F2N2O3. The van der Waals surface area contributed by atoms with E-state index in [4.69, 9.17) is 4.74 Å². The number of alkyl halides is 2. The summed E-state index contributed by atoms with van der Waals surface area (Å²) in [6, 6.07) is -0.224. The summed E-state index contributed by atoms with van der Waals surface area (Å²) in [5.74, 6) is -0.586. The Morgan fingerprint density at radius 2 is 1.95 bits per heavy atom. The summed E-state index contributed by atoms with van der Waals surface area (Å²) in [4.78, 5) is 13.5. The van der Waals surface area contributed by atoms with E-state index in [1.807, 2.05) is 0 Å². The van der Waals surface area contributed by atoms with Gasteiger partial charge in [0.05, 0.1) is 5.60 Å². The number of rotatable bonds is 4. The van der Waals surface area contributed by atoms with Crippen molar-refractivity contribution in [3.63, 3.8) is 0 Å². The Balaban J connectivity index is 1.66. The highest BCUT2D eigenvalue weighted by molar-refractivity contribution is 5.74. The predicted octanol–water partition coefficient (Wildman–Crippen LogP) is 1.60. The van der Waals surface area contributed by atoms with Gasteiger partial charge in [-0.15, -0.1) is 0 Å². The van der Waals surface area contributed by atoms with Crippen LogP contribution in [0.25, 0.3) is 0 Å². The van der Waals surface area contributed by atoms with E-state index in [9.17, 15) is 18.7 Å². The Labute approximate surface area is 123 Å². The van der Waals surface area contributed by atoms with Gasteiger partial charge in [0, 0.05) is 38.8 Å². The molecule has 0 bridgehead atoms. The number of ether oxygens (including phenoxy) is 1. The Hall–Kier alpha value is -0.950. The summed E-state index contributed by atoms with van der Waals surface area (Å²) >= 11 is 0. The van der Waals surface area contributed by atoms with E-state index in [1.165, 1.54) is 0 Å². The number of carbonyl (C=O) groups excluding carboxylic acids is 1. The molecule has 2 saturated heterocycles. The zero-order valence-corrected chi connectivity index (χ0v) is 12.2. The quantitative estimate of drug-likeness (QED) is 0.829. The van der Waals surface area contributed by atoms with Crippen molar-refractivity contribution in [1.82, 2.24) is 10.2 Å². The minimum atomic E-state index is -2.29. The van der Waals surface area contributed by atoms with Gasteiger partial charge in [-0.1, -0.05) is 0 Å². The molecule has 0 radical (unpaired) electrons. The molecule has 0 saturated carbocycles. The SMILES string of the molecule is O=C(NCCC1(O)CCOCC1)N1CCC(C(F)F)CC1. The van der Waals surface area contributed by atoms with Gasteiger partial charge in [-0.2, -0.15) is 0 Å². The molecule has 0 aromatic carbocycles. The third-order valence-electron chi connectivity index (χ3n) is 4.47. The van der Waals surface area contributed by atoms with Crippen molar-refractivity contribution in [2.75, 3.05) is 32.8 Å². The molecule has 0 spiro atoms. The van der Waals surface area contributed by atoms with Crippen molar-refractivity contribution in [3.8, 4) is 0 Å². The van der Waals surface area contributed by atoms with Crippen LogP contribution in [0.3, 0.4) is 0 Å². The molecule has 2 fully saturated rings. The van der Waals surface area contributed by atoms with Crippen molar-refractivity contribution >= 4 is 6.03 Å². The molecule has 0 aromatic heterocycles. The number of halogens is 2. The van der Waals surface area contributed by atoms with Gasteiger partial charge >= 0.3 is 6.03 Å². The summed E-state index contributed by atoms with van der Waals surface area (Å²) in [7, 11) is 0. The first-order valence-electron chi connectivity index (χ1n) is 7.61. The van der Waals surface area contributed by atoms with Gasteiger partial charge in [-0.25, -0.2) is 13.6 Å². The summed E-state index contributed by atoms with van der Waals surface area (Å²) in [6.45, 7) is 2.24. The summed E-state index contributed by atoms with van der Waals surface area (Å²) in [5, 5.41) is 13.0. The number of piperidine rings is 1. The zero-order chi connectivity index (χ0) is 15.3. The molecule has 0 unspecified atom stereocenters. The van der Waals surface area contributed by atoms with Crippen LogP contribution in [0.4, 0.5) is 13.6 Å². The Morgan fingerprint density at radius 3 is 2.52 bits per heavy atom. The number of nitrogens with zero attached hydrogens (tertiary/aromatic N) is 1. The van der Waals surface area contributed by atoms with Crippen LogP contribution in [0.2, 0.25) is 0 Å². The maximum atomic E-state index is 12.5. The van der Waals surface area contributed by atoms with Crippen molar-refractivity contribution in [1.29, 1.82) is 0 Å². The van der Waals surface area contributed by atoms with Crippen LogP contribution in [-0.2, 0) is 4.74 Å². The average Bonchev–Trinajstić information content (AvgIpc) is 2.48. The minimum absolute atomic E-state index is 0.224. The second-order valence-electron chi connectivity index (χ2n) is 5.98. The first kappa shape index (κ1) is 16.4. The first-order valence-corrected chi connectivity index (χ1v) is 7.61. The third-order valence-corrected chi connectivity index (χ3v) is 4.47. The molecule has 2 heterocycles. The monoisotopic (exact) mass is 306 g/mol. The van der Waals surface area contributed by atoms with Crippen molar-refractivity contribution in [3.05, 3.63) is 0 Å². The molecular weight excluding hydrogens is 282 g/mol. The highest BCUT2D eigenvalue weighted by Crippen LogP contribution is 2.24. The lowest BCUT2D eigenvalue weighted by atomic mass is 9.91. The maximum Gasteiger partial charge on any atom is 0.317 e. The lowest BCUT2D eigenvalue weighted by Crippen LogP contribution is -2.47. The van der Waals surface area contributed by atoms with Crippen LogP contribution in [0.5, 0.6) is 0 Å². The van der Waals surface area contributed by atoms with E-state index in [-0.39, 0.29) is 6.03 Å². The van der Waals surface area contributed by atoms with Crippen molar-refractivity contribution < 1.29 is 23.4 Å². The fraction of sp³-hybridized carbons (Fsp3) is 0.929. The lowest BCUT2D eigenvalue weighted by molar-refractivity contribution is -0.0671. The number of urea groups is 1. The molecule has 21 heavy (non-hydrogen) atoms. The number of hydrogen-bond donors (Lipinski definition) is 2. The van der Waals surface area contributed by atoms with Crippen LogP contribution in [0, 0.1) is 5.92 Å². The fourth-order valence-electron chi connectivity index (χ4n) is 2.87. The Kier molecular flexibility index (Phi) is 5.75. The van der Waals surface area contributed by atoms with E-state index >= 15 is 0 Å². The number of aliphatic hydroxyl groups is 1. The Bertz CT molecular complexity index is 341. The van der Waals surface area contributed by atoms with Crippen molar-refractivity contribution in [2.45, 2.75) is 44.1 Å². The van der Waals surface area contributed by atoms with Crippen LogP contribution in [-0.4, -0.2) is 60.9 Å². The van der Waals surface area contributed by atoms with Gasteiger partial charge in [0.25, 0.3) is 0 Å². The second kappa shape index (κ2) is 7.35. The van der Waals surface area contributed by atoms with Gasteiger partial charge < -0.3 is 20.1 Å². The molecule has 7 heteroatoms. The molecule has 2 rings (SSSR count). The first-order chi connectivity index (χ1) is 10.0. The summed E-state index contributed by atoms with van der Waals surface area (Å²) in [5.41, 5.74) is -0.756. The molecule has 2 amide bonds. The second-order valence-corrected chi connectivity index (χ2v) is 5.98. The molecule has 2 aliphatic rings. The van der Waals surface area contributed by atoms with E-state index in [0.29, 0.717) is 65.0 Å². The van der Waals surface area contributed by atoms with E-state index in [2.05, 4.69) is 5.32 Å². The van der Waals surface area contributed by atoms with Crippen molar-refractivity contribution in [2.24, 2.45) is 5.92 Å². The largest absolute Gasteiger partial charge is 0.390 e. The Morgan fingerprint density at radius 1 is 1.33 bits per heavy atom. The normalized spacial score (nSPS) is 23.3. The van der Waals surface area contributed by atoms with Crippen LogP contribution < -0.4 is 5.32 Å². The molecule has 5 nitrogen and oxygen atoms in total. The maximum absolute atomic E-state index is 12.5. The standard InChI is InChI=1S/C14H24F2N2O3/c15-12(16)11-1-7-18(8-2-11)13(19)17-6-3-14(20)4-9-21-10-5-14/h11-12,20H,1-10H2,(H,17,19). The van der Waals surface area contributed by atoms with E-state index < -0.39 is 17.9 Å². The van der Waals surface area contributed by atoms with Crippen LogP contribution in [0.15, 0.2) is 0 Å². The zero-order valence-electron chi connectivity index (χ0n) is 12.2. The molecule has 0 aliphatic carbocycles. The number of likely N-dealkylation sites (tertiary alicyclic amines) is 1. The smallest absolute Gasteiger partial charge is 0.317 e. The third kappa shape index (κ3) is 4.78. The van der Waals surface area contributed by atoms with E-state index in [0.717, 1.165) is 0 Å². The summed E-state index contributed by atoms with van der Waals surface area (Å²) < 4.78 is 30.3. The molecule has 2 aliphatic heterocycles. The van der Waals surface area contributed by atoms with Gasteiger partial charge in [0.2, 0.25) is 6.43 Å².